The van der Waals surface area contributed by atoms with Crippen LogP contribution in [0.3, 0.4) is 0 Å². The van der Waals surface area contributed by atoms with Crippen LogP contribution in [0, 0.1) is 0 Å². The summed E-state index contributed by atoms with van der Waals surface area (Å²) in [5.74, 6) is 0.791. The quantitative estimate of drug-likeness (QED) is 0.739. The molecule has 3 heteroatoms. The molecule has 1 heterocycles. The Kier molecular flexibility index (Phi) is 2.70. The molecule has 0 bridgehead atoms. The third kappa shape index (κ3) is 2.47. The summed E-state index contributed by atoms with van der Waals surface area (Å²) in [6.45, 7) is 3.14. The predicted molar refractivity (Wildman–Crippen MR) is 52.3 cm³/mol. The molecule has 0 spiro atoms. The Hall–Kier alpha value is -1.06. The molecule has 0 radical (unpaired) electrons. The summed E-state index contributed by atoms with van der Waals surface area (Å²) >= 11 is 0. The van der Waals surface area contributed by atoms with Gasteiger partial charge in [-0.15, -0.1) is 0 Å². The Morgan fingerprint density at radius 3 is 3.07 bits per heavy atom. The van der Waals surface area contributed by atoms with Crippen LogP contribution in [-0.4, -0.2) is 24.4 Å². The first-order valence-corrected chi connectivity index (χ1v) is 4.78. The number of benzene rings is 1. The molecule has 2 atom stereocenters. The summed E-state index contributed by atoms with van der Waals surface area (Å²) in [5, 5.41) is 9.36. The maximum absolute atomic E-state index is 9.36. The molecule has 1 aromatic rings. The van der Waals surface area contributed by atoms with E-state index in [0.717, 1.165) is 17.9 Å². The van der Waals surface area contributed by atoms with Gasteiger partial charge in [-0.05, 0) is 24.6 Å². The van der Waals surface area contributed by atoms with Gasteiger partial charge in [-0.2, -0.15) is 0 Å². The standard InChI is InChI=1S/C11H14O3/c1-8(12)9-3-2-4-10(5-9)13-6-11-7-14-11/h2-5,8,11-12H,6-7H2,1H3/t8?,11-/m1/s1. The summed E-state index contributed by atoms with van der Waals surface area (Å²) in [5.41, 5.74) is 0.874. The van der Waals surface area contributed by atoms with E-state index in [2.05, 4.69) is 0 Å². The summed E-state index contributed by atoms with van der Waals surface area (Å²) in [7, 11) is 0. The van der Waals surface area contributed by atoms with Gasteiger partial charge >= 0.3 is 0 Å². The molecule has 0 saturated carbocycles. The van der Waals surface area contributed by atoms with Crippen molar-refractivity contribution >= 4 is 0 Å². The highest BCUT2D eigenvalue weighted by Crippen LogP contribution is 2.20. The Morgan fingerprint density at radius 2 is 2.43 bits per heavy atom. The molecule has 1 N–H and O–H groups in total. The number of aliphatic hydroxyl groups is 1. The SMILES string of the molecule is CC(O)c1cccc(OC[C@@H]2CO2)c1. The molecular weight excluding hydrogens is 180 g/mol. The lowest BCUT2D eigenvalue weighted by molar-refractivity contribution is 0.198. The van der Waals surface area contributed by atoms with Crippen LogP contribution in [0.25, 0.3) is 0 Å². The van der Waals surface area contributed by atoms with Crippen molar-refractivity contribution in [3.63, 3.8) is 0 Å². The van der Waals surface area contributed by atoms with Gasteiger partial charge < -0.3 is 14.6 Å². The zero-order valence-corrected chi connectivity index (χ0v) is 8.14. The zero-order chi connectivity index (χ0) is 9.97. The van der Waals surface area contributed by atoms with E-state index in [0.29, 0.717) is 6.61 Å². The fourth-order valence-corrected chi connectivity index (χ4v) is 1.22. The average Bonchev–Trinajstić information content (AvgIpc) is 2.99. The normalized spacial score (nSPS) is 21.7. The molecule has 1 aliphatic rings. The lowest BCUT2D eigenvalue weighted by Crippen LogP contribution is -2.04. The van der Waals surface area contributed by atoms with E-state index < -0.39 is 6.10 Å². The summed E-state index contributed by atoms with van der Waals surface area (Å²) in [4.78, 5) is 0. The third-order valence-corrected chi connectivity index (χ3v) is 2.18. The molecule has 3 nitrogen and oxygen atoms in total. The maximum Gasteiger partial charge on any atom is 0.119 e. The summed E-state index contributed by atoms with van der Waals surface area (Å²) in [6, 6.07) is 7.50. The van der Waals surface area contributed by atoms with Crippen LogP contribution in [0.15, 0.2) is 24.3 Å². The molecule has 1 aliphatic heterocycles. The van der Waals surface area contributed by atoms with E-state index >= 15 is 0 Å². The van der Waals surface area contributed by atoms with E-state index in [-0.39, 0.29) is 6.10 Å². The van der Waals surface area contributed by atoms with Gasteiger partial charge in [0.05, 0.1) is 12.7 Å². The second-order valence-electron chi connectivity index (χ2n) is 3.51. The topological polar surface area (TPSA) is 42.0 Å². The van der Waals surface area contributed by atoms with Crippen molar-refractivity contribution in [3.8, 4) is 5.75 Å². The average molecular weight is 194 g/mol. The predicted octanol–water partition coefficient (Wildman–Crippen LogP) is 1.52. The smallest absolute Gasteiger partial charge is 0.119 e. The minimum absolute atomic E-state index is 0.269. The highest BCUT2D eigenvalue weighted by atomic mass is 16.6. The van der Waals surface area contributed by atoms with Crippen molar-refractivity contribution in [1.29, 1.82) is 0 Å². The van der Waals surface area contributed by atoms with Gasteiger partial charge in [0.2, 0.25) is 0 Å². The van der Waals surface area contributed by atoms with Crippen LogP contribution in [0.1, 0.15) is 18.6 Å². The first-order valence-electron chi connectivity index (χ1n) is 4.78. The largest absolute Gasteiger partial charge is 0.491 e. The van der Waals surface area contributed by atoms with Crippen LogP contribution in [0.4, 0.5) is 0 Å². The molecule has 1 saturated heterocycles. The van der Waals surface area contributed by atoms with Gasteiger partial charge in [-0.3, -0.25) is 0 Å². The van der Waals surface area contributed by atoms with Gasteiger partial charge in [0.15, 0.2) is 0 Å². The second kappa shape index (κ2) is 3.98. The van der Waals surface area contributed by atoms with Gasteiger partial charge in [0, 0.05) is 0 Å². The molecule has 0 aliphatic carbocycles. The first-order chi connectivity index (χ1) is 6.75. The van der Waals surface area contributed by atoms with Crippen LogP contribution in [0.5, 0.6) is 5.75 Å². The fourth-order valence-electron chi connectivity index (χ4n) is 1.22. The molecule has 1 fully saturated rings. The van der Waals surface area contributed by atoms with Gasteiger partial charge in [0.25, 0.3) is 0 Å². The van der Waals surface area contributed by atoms with Crippen molar-refractivity contribution in [2.75, 3.05) is 13.2 Å². The van der Waals surface area contributed by atoms with Crippen molar-refractivity contribution in [3.05, 3.63) is 29.8 Å². The minimum atomic E-state index is -0.448. The van der Waals surface area contributed by atoms with Crippen LogP contribution >= 0.6 is 0 Å². The Morgan fingerprint density at radius 1 is 1.64 bits per heavy atom. The van der Waals surface area contributed by atoms with E-state index in [1.165, 1.54) is 0 Å². The Bertz CT molecular complexity index is 305. The van der Waals surface area contributed by atoms with Crippen molar-refractivity contribution in [2.45, 2.75) is 19.1 Å². The monoisotopic (exact) mass is 194 g/mol. The number of ether oxygens (including phenoxy) is 2. The molecule has 0 aromatic heterocycles. The highest BCUT2D eigenvalue weighted by molar-refractivity contribution is 5.29. The Labute approximate surface area is 83.3 Å². The van der Waals surface area contributed by atoms with E-state index in [1.54, 1.807) is 6.92 Å². The lowest BCUT2D eigenvalue weighted by Gasteiger charge is -2.08. The number of hydrogen-bond donors (Lipinski definition) is 1. The van der Waals surface area contributed by atoms with E-state index in [9.17, 15) is 5.11 Å². The molecule has 2 rings (SSSR count). The molecule has 0 amide bonds. The second-order valence-corrected chi connectivity index (χ2v) is 3.51. The number of aliphatic hydroxyl groups excluding tert-OH is 1. The van der Waals surface area contributed by atoms with Gasteiger partial charge in [0.1, 0.15) is 18.5 Å². The minimum Gasteiger partial charge on any atom is -0.491 e. The van der Waals surface area contributed by atoms with Crippen molar-refractivity contribution in [2.24, 2.45) is 0 Å². The summed E-state index contributed by atoms with van der Waals surface area (Å²) in [6.07, 6.45) is -0.180. The highest BCUT2D eigenvalue weighted by Gasteiger charge is 2.23. The zero-order valence-electron chi connectivity index (χ0n) is 8.14. The van der Waals surface area contributed by atoms with E-state index in [4.69, 9.17) is 9.47 Å². The number of hydrogen-bond acceptors (Lipinski definition) is 3. The van der Waals surface area contributed by atoms with Crippen molar-refractivity contribution < 1.29 is 14.6 Å². The molecule has 1 unspecified atom stereocenters. The molecule has 14 heavy (non-hydrogen) atoms. The van der Waals surface area contributed by atoms with Crippen LogP contribution < -0.4 is 4.74 Å². The van der Waals surface area contributed by atoms with Gasteiger partial charge in [-0.1, -0.05) is 12.1 Å². The van der Waals surface area contributed by atoms with Crippen LogP contribution in [-0.2, 0) is 4.74 Å². The first kappa shape index (κ1) is 9.49. The molecule has 1 aromatic carbocycles. The molecule has 76 valence electrons. The summed E-state index contributed by atoms with van der Waals surface area (Å²) < 4.78 is 10.5. The Balaban J connectivity index is 1.97. The lowest BCUT2D eigenvalue weighted by atomic mass is 10.1. The van der Waals surface area contributed by atoms with E-state index in [1.807, 2.05) is 24.3 Å². The van der Waals surface area contributed by atoms with Gasteiger partial charge in [-0.25, -0.2) is 0 Å². The number of rotatable bonds is 4. The molecular formula is C11H14O3. The van der Waals surface area contributed by atoms with Crippen LogP contribution in [0.2, 0.25) is 0 Å². The fraction of sp³-hybridized carbons (Fsp3) is 0.455. The third-order valence-electron chi connectivity index (χ3n) is 2.18. The maximum atomic E-state index is 9.36. The van der Waals surface area contributed by atoms with Crippen molar-refractivity contribution in [1.82, 2.24) is 0 Å². The number of epoxide rings is 1.